The van der Waals surface area contributed by atoms with Gasteiger partial charge in [-0.1, -0.05) is 16.3 Å². The maximum atomic E-state index is 9.99. The Bertz CT molecular complexity index is 658. The summed E-state index contributed by atoms with van der Waals surface area (Å²) in [7, 11) is -2.07. The van der Waals surface area contributed by atoms with Gasteiger partial charge in [0.15, 0.2) is 0 Å². The first-order valence-electron chi connectivity index (χ1n) is 8.51. The Hall–Kier alpha value is -1.50. The minimum absolute atomic E-state index is 0.556. The summed E-state index contributed by atoms with van der Waals surface area (Å²) in [6.45, 7) is 9.95. The summed E-state index contributed by atoms with van der Waals surface area (Å²) in [4.78, 5) is 8.90. The number of pyridine rings is 1. The molecule has 3 heterocycles. The Labute approximate surface area is 146 Å². The molecule has 2 saturated heterocycles. The zero-order valence-electron chi connectivity index (χ0n) is 14.3. The molecular weight excluding hydrogens is 320 g/mol. The molecule has 3 rings (SSSR count). The molecule has 0 atom stereocenters. The zero-order valence-corrected chi connectivity index (χ0v) is 15.1. The number of allylic oxidation sites excluding steroid dienone is 1. The molecule has 0 unspecified atom stereocenters. The van der Waals surface area contributed by atoms with Crippen molar-refractivity contribution in [3.8, 4) is 0 Å². The van der Waals surface area contributed by atoms with E-state index in [-0.39, 0.29) is 0 Å². The summed E-state index contributed by atoms with van der Waals surface area (Å²) in [5.41, 5.74) is 2.52. The Morgan fingerprint density at radius 1 is 1.04 bits per heavy atom. The van der Waals surface area contributed by atoms with Gasteiger partial charge in [-0.25, -0.2) is 4.31 Å². The fourth-order valence-electron chi connectivity index (χ4n) is 3.60. The molecule has 2 fully saturated rings. The van der Waals surface area contributed by atoms with E-state index >= 15 is 0 Å². The molecule has 0 bridgehead atoms. The minimum atomic E-state index is -2.07. The fourth-order valence-corrected chi connectivity index (χ4v) is 4.44. The molecule has 24 heavy (non-hydrogen) atoms. The van der Waals surface area contributed by atoms with Crippen LogP contribution in [0.25, 0.3) is 0 Å². The van der Waals surface area contributed by atoms with Gasteiger partial charge in [-0.15, -0.1) is 0 Å². The van der Waals surface area contributed by atoms with Crippen molar-refractivity contribution in [2.24, 2.45) is 5.92 Å². The number of anilines is 1. The molecule has 2 aliphatic heterocycles. The Kier molecular flexibility index (Phi) is 5.18. The van der Waals surface area contributed by atoms with Crippen molar-refractivity contribution in [2.45, 2.75) is 12.8 Å². The van der Waals surface area contributed by atoms with Crippen molar-refractivity contribution < 1.29 is 4.55 Å². The second-order valence-corrected chi connectivity index (χ2v) is 8.80. The smallest absolute Gasteiger partial charge is 0.0397 e. The first-order valence-corrected chi connectivity index (χ1v) is 10.4. The van der Waals surface area contributed by atoms with Crippen LogP contribution in [0.3, 0.4) is 0 Å². The molecule has 0 aromatic carbocycles. The molecular formula is C18H28N4OS. The van der Waals surface area contributed by atoms with E-state index in [0.717, 1.165) is 52.1 Å². The van der Waals surface area contributed by atoms with E-state index in [0.29, 0.717) is 5.92 Å². The van der Waals surface area contributed by atoms with Crippen LogP contribution in [-0.4, -0.2) is 69.8 Å². The van der Waals surface area contributed by atoms with E-state index in [2.05, 4.69) is 45.2 Å². The summed E-state index contributed by atoms with van der Waals surface area (Å²) < 4.78 is 12.0. The molecule has 1 N–H and O–H groups in total. The van der Waals surface area contributed by atoms with Gasteiger partial charge in [0.2, 0.25) is 0 Å². The number of nitrogens with zero attached hydrogens (tertiary/aromatic N) is 4. The van der Waals surface area contributed by atoms with Crippen molar-refractivity contribution in [1.82, 2.24) is 14.2 Å². The number of hydrogen-bond donors (Lipinski definition) is 1. The largest absolute Gasteiger partial charge is 0.372 e. The lowest BCUT2D eigenvalue weighted by molar-refractivity contribution is 0.207. The third-order valence-corrected chi connectivity index (χ3v) is 6.45. The van der Waals surface area contributed by atoms with Crippen LogP contribution in [0.15, 0.2) is 36.8 Å². The second kappa shape index (κ2) is 7.17. The van der Waals surface area contributed by atoms with Gasteiger partial charge in [-0.2, -0.15) is 0 Å². The lowest BCUT2D eigenvalue weighted by Gasteiger charge is -2.42. The molecule has 0 spiro atoms. The SMILES string of the molecule is C=C(C1CCN(c2ccncc2)CC1)N1CCN(S(=C)(=C)O)CC1. The predicted molar refractivity (Wildman–Crippen MR) is 106 cm³/mol. The van der Waals surface area contributed by atoms with Gasteiger partial charge in [0.1, 0.15) is 0 Å². The standard InChI is InChI=1S/C18H28N4OS/c1-16(20-12-14-22(15-13-20)24(2,3)23)17-6-10-21(11-7-17)18-4-8-19-9-5-18/h4-5,8-9,17,23H,1-3,6-7,10-15H2. The maximum Gasteiger partial charge on any atom is 0.0397 e. The lowest BCUT2D eigenvalue weighted by atomic mass is 9.92. The molecule has 0 saturated carbocycles. The van der Waals surface area contributed by atoms with Crippen LogP contribution in [0.1, 0.15) is 12.8 Å². The third kappa shape index (κ3) is 3.94. The minimum Gasteiger partial charge on any atom is -0.372 e. The van der Waals surface area contributed by atoms with Gasteiger partial charge in [0, 0.05) is 69.0 Å². The van der Waals surface area contributed by atoms with Crippen molar-refractivity contribution >= 4 is 27.1 Å². The highest BCUT2D eigenvalue weighted by Gasteiger charge is 2.27. The zero-order chi connectivity index (χ0) is 17.2. The molecule has 0 radical (unpaired) electrons. The maximum absolute atomic E-state index is 9.99. The summed E-state index contributed by atoms with van der Waals surface area (Å²) >= 11 is 0. The summed E-state index contributed by atoms with van der Waals surface area (Å²) in [6.07, 6.45) is 5.99. The predicted octanol–water partition coefficient (Wildman–Crippen LogP) is 2.49. The van der Waals surface area contributed by atoms with Crippen molar-refractivity contribution in [1.29, 1.82) is 0 Å². The van der Waals surface area contributed by atoms with Crippen molar-refractivity contribution in [3.63, 3.8) is 0 Å². The van der Waals surface area contributed by atoms with Gasteiger partial charge in [-0.05, 0) is 36.7 Å². The molecule has 0 amide bonds. The molecule has 132 valence electrons. The number of aromatic nitrogens is 1. The van der Waals surface area contributed by atoms with Gasteiger partial charge in [0.25, 0.3) is 0 Å². The first kappa shape index (κ1) is 17.3. The van der Waals surface area contributed by atoms with Crippen LogP contribution < -0.4 is 4.90 Å². The highest BCUT2D eigenvalue weighted by atomic mass is 32.2. The van der Waals surface area contributed by atoms with Crippen molar-refractivity contribution in [2.75, 3.05) is 44.2 Å². The number of hydrogen-bond acceptors (Lipinski definition) is 5. The quantitative estimate of drug-likeness (QED) is 0.847. The van der Waals surface area contributed by atoms with Crippen LogP contribution in [0.4, 0.5) is 5.69 Å². The van der Waals surface area contributed by atoms with Gasteiger partial charge < -0.3 is 14.4 Å². The lowest BCUT2D eigenvalue weighted by Crippen LogP contribution is -2.46. The monoisotopic (exact) mass is 348 g/mol. The number of piperidine rings is 1. The van der Waals surface area contributed by atoms with E-state index in [1.807, 2.05) is 16.7 Å². The molecule has 0 aliphatic carbocycles. The van der Waals surface area contributed by atoms with Gasteiger partial charge in [0.05, 0.1) is 0 Å². The molecule has 2 aliphatic rings. The Balaban J connectivity index is 1.51. The van der Waals surface area contributed by atoms with E-state index in [9.17, 15) is 4.55 Å². The van der Waals surface area contributed by atoms with Gasteiger partial charge >= 0.3 is 0 Å². The van der Waals surface area contributed by atoms with E-state index in [1.165, 1.54) is 11.4 Å². The number of rotatable bonds is 4. The highest BCUT2D eigenvalue weighted by molar-refractivity contribution is 8.21. The van der Waals surface area contributed by atoms with Crippen LogP contribution >= 0.6 is 9.67 Å². The topological polar surface area (TPSA) is 42.8 Å². The van der Waals surface area contributed by atoms with Crippen molar-refractivity contribution in [3.05, 3.63) is 36.8 Å². The first-order chi connectivity index (χ1) is 11.4. The fraction of sp³-hybridized carbons (Fsp3) is 0.500. The molecule has 5 nitrogen and oxygen atoms in total. The molecule has 6 heteroatoms. The van der Waals surface area contributed by atoms with Crippen LogP contribution in [0, 0.1) is 5.92 Å². The average molecular weight is 349 g/mol. The van der Waals surface area contributed by atoms with Crippen LogP contribution in [-0.2, 0) is 0 Å². The second-order valence-electron chi connectivity index (χ2n) is 6.68. The third-order valence-electron chi connectivity index (χ3n) is 5.12. The highest BCUT2D eigenvalue weighted by Crippen LogP contribution is 2.30. The van der Waals surface area contributed by atoms with E-state index in [4.69, 9.17) is 0 Å². The Morgan fingerprint density at radius 2 is 1.62 bits per heavy atom. The number of piperazine rings is 1. The average Bonchev–Trinajstić information content (AvgIpc) is 2.61. The molecule has 1 aromatic heterocycles. The Morgan fingerprint density at radius 3 is 2.17 bits per heavy atom. The normalized spacial score (nSPS) is 21.0. The van der Waals surface area contributed by atoms with Gasteiger partial charge in [-0.3, -0.25) is 4.98 Å². The molecule has 1 aromatic rings. The van der Waals surface area contributed by atoms with E-state index in [1.54, 1.807) is 0 Å². The summed E-state index contributed by atoms with van der Waals surface area (Å²) in [5, 5.41) is 0. The summed E-state index contributed by atoms with van der Waals surface area (Å²) in [5.74, 6) is 8.14. The van der Waals surface area contributed by atoms with Crippen LogP contribution in [0.2, 0.25) is 0 Å². The summed E-state index contributed by atoms with van der Waals surface area (Å²) in [6, 6.07) is 4.16. The van der Waals surface area contributed by atoms with E-state index < -0.39 is 9.67 Å². The van der Waals surface area contributed by atoms with Crippen LogP contribution in [0.5, 0.6) is 0 Å².